The van der Waals surface area contributed by atoms with Gasteiger partial charge in [-0.1, -0.05) is 36.4 Å². The summed E-state index contributed by atoms with van der Waals surface area (Å²) in [6.07, 6.45) is -9.70. The van der Waals surface area contributed by atoms with Crippen LogP contribution in [0.4, 0.5) is 32.0 Å². The summed E-state index contributed by atoms with van der Waals surface area (Å²) in [5, 5.41) is 12.2. The Morgan fingerprint density at radius 1 is 0.909 bits per heavy atom. The number of anilines is 1. The Bertz CT molecular complexity index is 1230. The van der Waals surface area contributed by atoms with Gasteiger partial charge in [-0.2, -0.15) is 13.2 Å². The number of nitrogens with one attached hydrogen (secondary N) is 1. The first kappa shape index (κ1) is 22.5. The third-order valence-electron chi connectivity index (χ3n) is 5.50. The molecule has 10 heteroatoms. The maximum absolute atomic E-state index is 13.6. The maximum atomic E-state index is 13.6. The maximum Gasteiger partial charge on any atom is 0.573 e. The molecule has 0 aliphatic carbocycles. The van der Waals surface area contributed by atoms with Gasteiger partial charge in [0.15, 0.2) is 0 Å². The number of phenols is 1. The summed E-state index contributed by atoms with van der Waals surface area (Å²) in [4.78, 5) is 13.4. The molecule has 1 aliphatic heterocycles. The van der Waals surface area contributed by atoms with E-state index in [1.165, 1.54) is 36.4 Å². The summed E-state index contributed by atoms with van der Waals surface area (Å²) >= 11 is 0. The minimum absolute atomic E-state index is 0.0168. The van der Waals surface area contributed by atoms with Gasteiger partial charge in [-0.15, -0.1) is 13.2 Å². The second kappa shape index (κ2) is 7.43. The highest BCUT2D eigenvalue weighted by molar-refractivity contribution is 6.12. The Morgan fingerprint density at radius 3 is 2.12 bits per heavy atom. The van der Waals surface area contributed by atoms with Crippen LogP contribution in [-0.4, -0.2) is 17.4 Å². The number of aryl methyl sites for hydroxylation is 1. The molecule has 1 atom stereocenters. The van der Waals surface area contributed by atoms with E-state index in [-0.39, 0.29) is 22.4 Å². The summed E-state index contributed by atoms with van der Waals surface area (Å²) in [6.45, 7) is 1.55. The zero-order valence-electron chi connectivity index (χ0n) is 16.8. The molecule has 3 aromatic carbocycles. The number of alkyl halides is 6. The molecular weight excluding hydrogens is 452 g/mol. The number of aromatic hydroxyl groups is 1. The molecule has 0 radical (unpaired) electrons. The minimum atomic E-state index is -4.94. The van der Waals surface area contributed by atoms with E-state index in [2.05, 4.69) is 10.1 Å². The molecule has 0 saturated carbocycles. The minimum Gasteiger partial charge on any atom is -0.508 e. The van der Waals surface area contributed by atoms with Gasteiger partial charge in [-0.3, -0.25) is 4.79 Å². The van der Waals surface area contributed by atoms with Gasteiger partial charge in [-0.25, -0.2) is 0 Å². The van der Waals surface area contributed by atoms with Crippen LogP contribution in [0.15, 0.2) is 60.7 Å². The van der Waals surface area contributed by atoms with E-state index in [9.17, 15) is 36.2 Å². The van der Waals surface area contributed by atoms with Crippen molar-refractivity contribution in [3.63, 3.8) is 0 Å². The second-order valence-electron chi connectivity index (χ2n) is 7.50. The van der Waals surface area contributed by atoms with Crippen molar-refractivity contribution >= 4 is 11.6 Å². The van der Waals surface area contributed by atoms with Crippen LogP contribution in [0.25, 0.3) is 0 Å². The Kier molecular flexibility index (Phi) is 5.07. The molecule has 1 heterocycles. The summed E-state index contributed by atoms with van der Waals surface area (Å²) in [5.74, 6) is -1.46. The van der Waals surface area contributed by atoms with Gasteiger partial charge >= 0.3 is 12.5 Å². The lowest BCUT2D eigenvalue weighted by molar-refractivity contribution is -0.274. The first-order valence-corrected chi connectivity index (χ1v) is 9.52. The second-order valence-corrected chi connectivity index (χ2v) is 7.50. The zero-order chi connectivity index (χ0) is 24.2. The van der Waals surface area contributed by atoms with Crippen LogP contribution in [0.1, 0.15) is 27.8 Å². The summed E-state index contributed by atoms with van der Waals surface area (Å²) < 4.78 is 82.5. The third kappa shape index (κ3) is 3.75. The van der Waals surface area contributed by atoms with Gasteiger partial charge in [0.05, 0.1) is 11.3 Å². The van der Waals surface area contributed by atoms with Crippen molar-refractivity contribution in [3.8, 4) is 11.5 Å². The highest BCUT2D eigenvalue weighted by Crippen LogP contribution is 2.51. The molecule has 0 spiro atoms. The smallest absolute Gasteiger partial charge is 0.508 e. The van der Waals surface area contributed by atoms with Crippen LogP contribution in [0, 0.1) is 6.92 Å². The fraction of sp³-hybridized carbons (Fsp3) is 0.174. The Labute approximate surface area is 183 Å². The predicted octanol–water partition coefficient (Wildman–Crippen LogP) is 5.90. The van der Waals surface area contributed by atoms with Crippen LogP contribution < -0.4 is 10.1 Å². The van der Waals surface area contributed by atoms with Gasteiger partial charge in [0, 0.05) is 5.56 Å². The molecular formula is C23H15F6NO3. The molecule has 2 N–H and O–H groups in total. The first-order chi connectivity index (χ1) is 15.3. The number of hydrogen-bond donors (Lipinski definition) is 2. The molecule has 172 valence electrons. The molecule has 1 aliphatic rings. The number of benzene rings is 3. The summed E-state index contributed by atoms with van der Waals surface area (Å²) in [7, 11) is 0. The molecule has 4 rings (SSSR count). The number of para-hydroxylation sites is 1. The number of ether oxygens (including phenoxy) is 1. The number of fused-ring (bicyclic) bond motifs is 1. The lowest BCUT2D eigenvalue weighted by Crippen LogP contribution is -2.37. The van der Waals surface area contributed by atoms with Crippen molar-refractivity contribution in [2.75, 3.05) is 5.32 Å². The molecule has 0 aromatic heterocycles. The van der Waals surface area contributed by atoms with Crippen molar-refractivity contribution in [2.45, 2.75) is 24.9 Å². The van der Waals surface area contributed by atoms with Gasteiger partial charge in [0.1, 0.15) is 16.9 Å². The Morgan fingerprint density at radius 2 is 1.55 bits per heavy atom. The van der Waals surface area contributed by atoms with Crippen LogP contribution in [0.5, 0.6) is 11.5 Å². The number of rotatable bonds is 3. The van der Waals surface area contributed by atoms with E-state index in [0.717, 1.165) is 24.3 Å². The SMILES string of the molecule is Cc1cc(C2(c3ccc(OC(F)(F)F)cc3)C(=O)Nc3c(C(F)(F)F)cccc32)ccc1O. The fourth-order valence-corrected chi connectivity index (χ4v) is 4.10. The molecule has 0 fully saturated rings. The van der Waals surface area contributed by atoms with Gasteiger partial charge in [0.25, 0.3) is 0 Å². The van der Waals surface area contributed by atoms with Crippen molar-refractivity contribution < 1.29 is 41.0 Å². The number of hydrogen-bond acceptors (Lipinski definition) is 3. The molecule has 0 saturated heterocycles. The standard InChI is InChI=1S/C23H15F6NO3/c1-12-11-14(7-10-18(12)31)21(13-5-8-15(9-6-13)33-23(27,28)29)16-3-2-4-17(22(24,25)26)19(16)30-20(21)32/h2-11,31H,1H3,(H,30,32). The lowest BCUT2D eigenvalue weighted by atomic mass is 9.69. The molecule has 33 heavy (non-hydrogen) atoms. The first-order valence-electron chi connectivity index (χ1n) is 9.52. The zero-order valence-corrected chi connectivity index (χ0v) is 16.8. The number of carbonyl (C=O) groups is 1. The summed E-state index contributed by atoms with van der Waals surface area (Å²) in [6, 6.07) is 11.8. The monoisotopic (exact) mass is 467 g/mol. The number of amides is 1. The van der Waals surface area contributed by atoms with Crippen LogP contribution in [0.3, 0.4) is 0 Å². The molecule has 0 bridgehead atoms. The van der Waals surface area contributed by atoms with Gasteiger partial charge < -0.3 is 15.2 Å². The van der Waals surface area contributed by atoms with Gasteiger partial charge in [0.2, 0.25) is 5.91 Å². The average molecular weight is 467 g/mol. The van der Waals surface area contributed by atoms with E-state index in [1.807, 2.05) is 0 Å². The Hall–Kier alpha value is -3.69. The molecule has 1 unspecified atom stereocenters. The molecule has 1 amide bonds. The fourth-order valence-electron chi connectivity index (χ4n) is 4.10. The normalized spacial score (nSPS) is 18.1. The molecule has 4 nitrogen and oxygen atoms in total. The number of carbonyl (C=O) groups excluding carboxylic acids is 1. The third-order valence-corrected chi connectivity index (χ3v) is 5.50. The van der Waals surface area contributed by atoms with Crippen molar-refractivity contribution in [3.05, 3.63) is 88.5 Å². The highest BCUT2D eigenvalue weighted by atomic mass is 19.4. The molecule has 3 aromatic rings. The van der Waals surface area contributed by atoms with Crippen molar-refractivity contribution in [1.82, 2.24) is 0 Å². The Balaban J connectivity index is 1.99. The number of halogens is 6. The van der Waals surface area contributed by atoms with Gasteiger partial charge in [-0.05, 0) is 47.9 Å². The van der Waals surface area contributed by atoms with E-state index >= 15 is 0 Å². The van der Waals surface area contributed by atoms with E-state index in [4.69, 9.17) is 0 Å². The number of phenolic OH excluding ortho intramolecular Hbond substituents is 1. The average Bonchev–Trinajstić information content (AvgIpc) is 3.01. The summed E-state index contributed by atoms with van der Waals surface area (Å²) in [5.41, 5.74) is -2.60. The lowest BCUT2D eigenvalue weighted by Gasteiger charge is -2.30. The van der Waals surface area contributed by atoms with Crippen LogP contribution in [0.2, 0.25) is 0 Å². The van der Waals surface area contributed by atoms with Crippen molar-refractivity contribution in [1.29, 1.82) is 0 Å². The topological polar surface area (TPSA) is 58.6 Å². The van der Waals surface area contributed by atoms with E-state index in [0.29, 0.717) is 5.56 Å². The quantitative estimate of drug-likeness (QED) is 0.472. The highest BCUT2D eigenvalue weighted by Gasteiger charge is 2.52. The van der Waals surface area contributed by atoms with E-state index in [1.54, 1.807) is 6.92 Å². The van der Waals surface area contributed by atoms with Crippen LogP contribution in [-0.2, 0) is 16.4 Å². The predicted molar refractivity (Wildman–Crippen MR) is 106 cm³/mol. The van der Waals surface area contributed by atoms with Crippen LogP contribution >= 0.6 is 0 Å². The largest absolute Gasteiger partial charge is 0.573 e. The van der Waals surface area contributed by atoms with E-state index < -0.39 is 40.9 Å². The van der Waals surface area contributed by atoms with Crippen molar-refractivity contribution in [2.24, 2.45) is 0 Å².